The highest BCUT2D eigenvalue weighted by atomic mass is 32.2. The highest BCUT2D eigenvalue weighted by Gasteiger charge is 2.13. The van der Waals surface area contributed by atoms with E-state index in [0.717, 1.165) is 11.3 Å². The predicted octanol–water partition coefficient (Wildman–Crippen LogP) is 2.87. The van der Waals surface area contributed by atoms with Crippen LogP contribution in [0.2, 0.25) is 0 Å². The first-order chi connectivity index (χ1) is 12.1. The number of aromatic nitrogens is 1. The Kier molecular flexibility index (Phi) is 5.16. The quantitative estimate of drug-likeness (QED) is 0.702. The first kappa shape index (κ1) is 17.2. The lowest BCUT2D eigenvalue weighted by atomic mass is 10.1. The van der Waals surface area contributed by atoms with Crippen molar-refractivity contribution < 1.29 is 17.7 Å². The van der Waals surface area contributed by atoms with E-state index in [2.05, 4.69) is 9.88 Å². The predicted molar refractivity (Wildman–Crippen MR) is 93.8 cm³/mol. The molecule has 0 aliphatic rings. The van der Waals surface area contributed by atoms with Gasteiger partial charge in [-0.2, -0.15) is 0 Å². The molecular formula is C18H18N2O4S. The minimum absolute atomic E-state index is 0.237. The Morgan fingerprint density at radius 3 is 2.64 bits per heavy atom. The average Bonchev–Trinajstić information content (AvgIpc) is 3.11. The number of rotatable bonds is 7. The Hall–Kier alpha value is -2.64. The standard InChI is InChI=1S/C18H18N2O4S/c1-23-16-7-5-6-14(12-16)18-13-15(20-24-18)10-11-19-25(21,22)17-8-3-2-4-9-17/h2-9,12-13,19H,10-11H2,1H3. The topological polar surface area (TPSA) is 81.4 Å². The summed E-state index contributed by atoms with van der Waals surface area (Å²) in [6, 6.07) is 17.5. The highest BCUT2D eigenvalue weighted by molar-refractivity contribution is 7.89. The molecule has 7 heteroatoms. The zero-order valence-corrected chi connectivity index (χ0v) is 14.5. The third-order valence-electron chi connectivity index (χ3n) is 3.64. The van der Waals surface area contributed by atoms with Crippen LogP contribution in [-0.4, -0.2) is 27.2 Å². The molecule has 1 heterocycles. The van der Waals surface area contributed by atoms with Crippen LogP contribution >= 0.6 is 0 Å². The minimum Gasteiger partial charge on any atom is -0.497 e. The maximum atomic E-state index is 12.2. The summed E-state index contributed by atoms with van der Waals surface area (Å²) >= 11 is 0. The van der Waals surface area contributed by atoms with E-state index >= 15 is 0 Å². The van der Waals surface area contributed by atoms with E-state index in [1.165, 1.54) is 0 Å². The third-order valence-corrected chi connectivity index (χ3v) is 5.12. The molecule has 0 saturated heterocycles. The second-order valence-electron chi connectivity index (χ2n) is 5.38. The van der Waals surface area contributed by atoms with Crippen LogP contribution in [0, 0.1) is 0 Å². The number of nitrogens with zero attached hydrogens (tertiary/aromatic N) is 1. The largest absolute Gasteiger partial charge is 0.497 e. The molecule has 3 aromatic rings. The Balaban J connectivity index is 1.62. The summed E-state index contributed by atoms with van der Waals surface area (Å²) in [5.74, 6) is 1.34. The molecule has 0 bridgehead atoms. The van der Waals surface area contributed by atoms with Gasteiger partial charge in [-0.15, -0.1) is 0 Å². The summed E-state index contributed by atoms with van der Waals surface area (Å²) < 4.78 is 37.4. The monoisotopic (exact) mass is 358 g/mol. The smallest absolute Gasteiger partial charge is 0.240 e. The molecule has 3 rings (SSSR count). The van der Waals surface area contributed by atoms with Gasteiger partial charge in [0.2, 0.25) is 10.0 Å². The second kappa shape index (κ2) is 7.50. The van der Waals surface area contributed by atoms with E-state index in [1.54, 1.807) is 43.5 Å². The van der Waals surface area contributed by atoms with E-state index in [0.29, 0.717) is 17.9 Å². The summed E-state index contributed by atoms with van der Waals surface area (Å²) in [6.07, 6.45) is 0.430. The van der Waals surface area contributed by atoms with Gasteiger partial charge in [-0.05, 0) is 24.3 Å². The van der Waals surface area contributed by atoms with Gasteiger partial charge in [0.25, 0.3) is 0 Å². The fraction of sp³-hybridized carbons (Fsp3) is 0.167. The lowest BCUT2D eigenvalue weighted by molar-refractivity contribution is 0.412. The SMILES string of the molecule is COc1cccc(-c2cc(CCNS(=O)(=O)c3ccccc3)no2)c1. The molecule has 0 spiro atoms. The Morgan fingerprint density at radius 2 is 1.88 bits per heavy atom. The van der Waals surface area contributed by atoms with Crippen LogP contribution in [0.15, 0.2) is 70.1 Å². The molecule has 6 nitrogen and oxygen atoms in total. The summed E-state index contributed by atoms with van der Waals surface area (Å²) in [6.45, 7) is 0.237. The fourth-order valence-electron chi connectivity index (χ4n) is 2.34. The van der Waals surface area contributed by atoms with Crippen molar-refractivity contribution >= 4 is 10.0 Å². The van der Waals surface area contributed by atoms with E-state index in [-0.39, 0.29) is 11.4 Å². The zero-order valence-electron chi connectivity index (χ0n) is 13.7. The lowest BCUT2D eigenvalue weighted by Crippen LogP contribution is -2.26. The van der Waals surface area contributed by atoms with Gasteiger partial charge >= 0.3 is 0 Å². The molecule has 0 saturated carbocycles. The molecule has 2 aromatic carbocycles. The van der Waals surface area contributed by atoms with Crippen LogP contribution in [-0.2, 0) is 16.4 Å². The van der Waals surface area contributed by atoms with Crippen molar-refractivity contribution in [2.75, 3.05) is 13.7 Å². The van der Waals surface area contributed by atoms with Crippen molar-refractivity contribution in [3.05, 3.63) is 66.4 Å². The van der Waals surface area contributed by atoms with E-state index in [4.69, 9.17) is 9.26 Å². The van der Waals surface area contributed by atoms with Crippen molar-refractivity contribution in [1.82, 2.24) is 9.88 Å². The second-order valence-corrected chi connectivity index (χ2v) is 7.14. The van der Waals surface area contributed by atoms with E-state index in [1.807, 2.05) is 24.3 Å². The van der Waals surface area contributed by atoms with Crippen molar-refractivity contribution in [3.63, 3.8) is 0 Å². The van der Waals surface area contributed by atoms with Crippen LogP contribution in [0.25, 0.3) is 11.3 Å². The Morgan fingerprint density at radius 1 is 1.08 bits per heavy atom. The van der Waals surface area contributed by atoms with Crippen LogP contribution < -0.4 is 9.46 Å². The number of nitrogens with one attached hydrogen (secondary N) is 1. The average molecular weight is 358 g/mol. The molecule has 130 valence electrons. The van der Waals surface area contributed by atoms with Gasteiger partial charge in [0, 0.05) is 24.6 Å². The zero-order chi connectivity index (χ0) is 17.7. The summed E-state index contributed by atoms with van der Waals surface area (Å²) in [5.41, 5.74) is 1.52. The van der Waals surface area contributed by atoms with Gasteiger partial charge in [-0.1, -0.05) is 35.5 Å². The first-order valence-corrected chi connectivity index (χ1v) is 9.21. The van der Waals surface area contributed by atoms with Gasteiger partial charge in [-0.3, -0.25) is 0 Å². The molecule has 0 aliphatic carbocycles. The van der Waals surface area contributed by atoms with Crippen molar-refractivity contribution in [2.45, 2.75) is 11.3 Å². The van der Waals surface area contributed by atoms with Crippen LogP contribution in [0.4, 0.5) is 0 Å². The molecule has 0 atom stereocenters. The van der Waals surface area contributed by atoms with Gasteiger partial charge in [0.1, 0.15) is 5.75 Å². The number of hydrogen-bond donors (Lipinski definition) is 1. The van der Waals surface area contributed by atoms with Gasteiger partial charge in [-0.25, -0.2) is 13.1 Å². The number of hydrogen-bond acceptors (Lipinski definition) is 5. The maximum Gasteiger partial charge on any atom is 0.240 e. The molecular weight excluding hydrogens is 340 g/mol. The van der Waals surface area contributed by atoms with Crippen molar-refractivity contribution in [3.8, 4) is 17.1 Å². The first-order valence-electron chi connectivity index (χ1n) is 7.73. The molecule has 1 aromatic heterocycles. The van der Waals surface area contributed by atoms with Crippen molar-refractivity contribution in [2.24, 2.45) is 0 Å². The van der Waals surface area contributed by atoms with E-state index in [9.17, 15) is 8.42 Å². The summed E-state index contributed by atoms with van der Waals surface area (Å²) in [4.78, 5) is 0.243. The number of methoxy groups -OCH3 is 1. The Labute approximate surface area is 146 Å². The molecule has 1 N–H and O–H groups in total. The fourth-order valence-corrected chi connectivity index (χ4v) is 3.39. The van der Waals surface area contributed by atoms with Crippen molar-refractivity contribution in [1.29, 1.82) is 0 Å². The van der Waals surface area contributed by atoms with Crippen LogP contribution in [0.5, 0.6) is 5.75 Å². The molecule has 0 radical (unpaired) electrons. The maximum absolute atomic E-state index is 12.2. The molecule has 0 aliphatic heterocycles. The number of benzene rings is 2. The van der Waals surface area contributed by atoms with Crippen LogP contribution in [0.1, 0.15) is 5.69 Å². The normalized spacial score (nSPS) is 11.4. The van der Waals surface area contributed by atoms with E-state index < -0.39 is 10.0 Å². The summed E-state index contributed by atoms with van der Waals surface area (Å²) in [5, 5.41) is 3.99. The minimum atomic E-state index is -3.51. The number of sulfonamides is 1. The molecule has 25 heavy (non-hydrogen) atoms. The lowest BCUT2D eigenvalue weighted by Gasteiger charge is -2.05. The highest BCUT2D eigenvalue weighted by Crippen LogP contribution is 2.24. The molecule has 0 fully saturated rings. The van der Waals surface area contributed by atoms with Gasteiger partial charge in [0.15, 0.2) is 5.76 Å². The third kappa shape index (κ3) is 4.26. The molecule has 0 amide bonds. The van der Waals surface area contributed by atoms with Crippen LogP contribution in [0.3, 0.4) is 0 Å². The summed E-state index contributed by atoms with van der Waals surface area (Å²) in [7, 11) is -1.91. The van der Waals surface area contributed by atoms with Gasteiger partial charge < -0.3 is 9.26 Å². The Bertz CT molecular complexity index is 936. The number of ether oxygens (including phenoxy) is 1. The van der Waals surface area contributed by atoms with Gasteiger partial charge in [0.05, 0.1) is 17.7 Å². The molecule has 0 unspecified atom stereocenters.